The van der Waals surface area contributed by atoms with Crippen molar-refractivity contribution >= 4 is 38.9 Å². The quantitative estimate of drug-likeness (QED) is 0.627. The Labute approximate surface area is 165 Å². The molecular formula is C19H13ClF2N2O3S. The molecule has 0 aliphatic rings. The third-order valence-corrected chi connectivity index (χ3v) is 5.37. The van der Waals surface area contributed by atoms with E-state index in [9.17, 15) is 22.0 Å². The van der Waals surface area contributed by atoms with Gasteiger partial charge in [0, 0.05) is 11.3 Å². The standard InChI is InChI=1S/C19H13ClF2N2O3S/c20-15-9-8-13(11-17(15)22)23-19(25)12-4-3-5-14(10-12)28(26,27)24-18-7-2-1-6-16(18)21/h1-11,24H,(H,23,25). The maximum absolute atomic E-state index is 13.7. The molecule has 0 atom stereocenters. The normalized spacial score (nSPS) is 11.1. The lowest BCUT2D eigenvalue weighted by molar-refractivity contribution is 0.102. The zero-order valence-corrected chi connectivity index (χ0v) is 15.7. The van der Waals surface area contributed by atoms with E-state index in [-0.39, 0.29) is 26.9 Å². The highest BCUT2D eigenvalue weighted by molar-refractivity contribution is 7.92. The van der Waals surface area contributed by atoms with Crippen LogP contribution < -0.4 is 10.0 Å². The third kappa shape index (κ3) is 4.47. The number of halogens is 3. The summed E-state index contributed by atoms with van der Waals surface area (Å²) in [5.74, 6) is -2.08. The fourth-order valence-corrected chi connectivity index (χ4v) is 3.56. The maximum atomic E-state index is 13.7. The molecule has 2 N–H and O–H groups in total. The molecule has 3 aromatic carbocycles. The zero-order chi connectivity index (χ0) is 20.3. The van der Waals surface area contributed by atoms with Crippen LogP contribution in [0, 0.1) is 11.6 Å². The van der Waals surface area contributed by atoms with Gasteiger partial charge in [-0.1, -0.05) is 29.8 Å². The second-order valence-corrected chi connectivity index (χ2v) is 7.79. The van der Waals surface area contributed by atoms with Gasteiger partial charge in [0.2, 0.25) is 0 Å². The molecule has 5 nitrogen and oxygen atoms in total. The minimum Gasteiger partial charge on any atom is -0.322 e. The summed E-state index contributed by atoms with van der Waals surface area (Å²) in [5.41, 5.74) is -0.0367. The van der Waals surface area contributed by atoms with Crippen molar-refractivity contribution in [1.82, 2.24) is 0 Å². The van der Waals surface area contributed by atoms with Gasteiger partial charge in [0.15, 0.2) is 0 Å². The molecule has 0 aliphatic carbocycles. The van der Waals surface area contributed by atoms with Crippen molar-refractivity contribution in [3.63, 3.8) is 0 Å². The number of anilines is 2. The molecule has 9 heteroatoms. The van der Waals surface area contributed by atoms with Crippen molar-refractivity contribution in [3.8, 4) is 0 Å². The molecule has 0 saturated heterocycles. The molecule has 0 spiro atoms. The van der Waals surface area contributed by atoms with Gasteiger partial charge in [0.05, 0.1) is 15.6 Å². The maximum Gasteiger partial charge on any atom is 0.262 e. The number of benzene rings is 3. The van der Waals surface area contributed by atoms with E-state index in [2.05, 4.69) is 10.0 Å². The summed E-state index contributed by atoms with van der Waals surface area (Å²) in [6.07, 6.45) is 0. The third-order valence-electron chi connectivity index (χ3n) is 3.70. The number of carbonyl (C=O) groups excluding carboxylic acids is 1. The predicted octanol–water partition coefficient (Wildman–Crippen LogP) is 4.67. The lowest BCUT2D eigenvalue weighted by Crippen LogP contribution is -2.16. The van der Waals surface area contributed by atoms with E-state index in [1.54, 1.807) is 0 Å². The van der Waals surface area contributed by atoms with Gasteiger partial charge in [-0.3, -0.25) is 9.52 Å². The largest absolute Gasteiger partial charge is 0.322 e. The topological polar surface area (TPSA) is 75.3 Å². The molecule has 0 aliphatic heterocycles. The van der Waals surface area contributed by atoms with Crippen LogP contribution in [0.25, 0.3) is 0 Å². The van der Waals surface area contributed by atoms with Crippen LogP contribution in [0.5, 0.6) is 0 Å². The van der Waals surface area contributed by atoms with Crippen molar-refractivity contribution < 1.29 is 22.0 Å². The van der Waals surface area contributed by atoms with Crippen LogP contribution in [0.2, 0.25) is 5.02 Å². The summed E-state index contributed by atoms with van der Waals surface area (Å²) in [7, 11) is -4.12. The number of carbonyl (C=O) groups is 1. The molecule has 3 aromatic rings. The van der Waals surface area contributed by atoms with Crippen molar-refractivity contribution in [2.45, 2.75) is 4.90 Å². The van der Waals surface area contributed by atoms with Gasteiger partial charge in [-0.25, -0.2) is 17.2 Å². The lowest BCUT2D eigenvalue weighted by Gasteiger charge is -2.10. The monoisotopic (exact) mass is 422 g/mol. The lowest BCUT2D eigenvalue weighted by atomic mass is 10.2. The van der Waals surface area contributed by atoms with E-state index in [0.29, 0.717) is 0 Å². The average molecular weight is 423 g/mol. The first kappa shape index (κ1) is 19.8. The van der Waals surface area contributed by atoms with Gasteiger partial charge in [0.25, 0.3) is 15.9 Å². The Morgan fingerprint density at radius 3 is 2.36 bits per heavy atom. The smallest absolute Gasteiger partial charge is 0.262 e. The molecule has 144 valence electrons. The summed E-state index contributed by atoms with van der Waals surface area (Å²) >= 11 is 5.59. The number of sulfonamides is 1. The molecule has 3 rings (SSSR count). The molecule has 0 aromatic heterocycles. The summed E-state index contributed by atoms with van der Waals surface area (Å²) in [4.78, 5) is 12.1. The van der Waals surface area contributed by atoms with Crippen molar-refractivity contribution in [1.29, 1.82) is 0 Å². The van der Waals surface area contributed by atoms with Crippen molar-refractivity contribution in [2.24, 2.45) is 0 Å². The van der Waals surface area contributed by atoms with Gasteiger partial charge in [0.1, 0.15) is 11.6 Å². The molecule has 28 heavy (non-hydrogen) atoms. The van der Waals surface area contributed by atoms with Crippen LogP contribution >= 0.6 is 11.6 Å². The van der Waals surface area contributed by atoms with Gasteiger partial charge < -0.3 is 5.32 Å². The Kier molecular flexibility index (Phi) is 5.62. The minimum atomic E-state index is -4.12. The molecular weight excluding hydrogens is 410 g/mol. The highest BCUT2D eigenvalue weighted by Gasteiger charge is 2.18. The Hall–Kier alpha value is -2.97. The van der Waals surface area contributed by atoms with Crippen LogP contribution in [0.4, 0.5) is 20.2 Å². The number of rotatable bonds is 5. The fourth-order valence-electron chi connectivity index (χ4n) is 2.33. The van der Waals surface area contributed by atoms with Crippen LogP contribution in [0.15, 0.2) is 71.6 Å². The summed E-state index contributed by atoms with van der Waals surface area (Å²) in [6.45, 7) is 0. The first-order chi connectivity index (χ1) is 13.3. The average Bonchev–Trinajstić information content (AvgIpc) is 2.66. The Morgan fingerprint density at radius 1 is 0.893 bits per heavy atom. The molecule has 0 radical (unpaired) electrons. The molecule has 0 heterocycles. The number of hydrogen-bond acceptors (Lipinski definition) is 3. The molecule has 0 bridgehead atoms. The second-order valence-electron chi connectivity index (χ2n) is 5.70. The second kappa shape index (κ2) is 7.95. The van der Waals surface area contributed by atoms with Crippen LogP contribution in [-0.4, -0.2) is 14.3 Å². The van der Waals surface area contributed by atoms with Gasteiger partial charge in [-0.05, 0) is 48.5 Å². The molecule has 0 saturated carbocycles. The number of nitrogens with one attached hydrogen (secondary N) is 2. The van der Waals surface area contributed by atoms with Gasteiger partial charge >= 0.3 is 0 Å². The van der Waals surface area contributed by atoms with E-state index < -0.39 is 27.6 Å². The van der Waals surface area contributed by atoms with E-state index >= 15 is 0 Å². The first-order valence-corrected chi connectivity index (χ1v) is 9.76. The summed E-state index contributed by atoms with van der Waals surface area (Å²) < 4.78 is 54.3. The van der Waals surface area contributed by atoms with Crippen LogP contribution in [0.3, 0.4) is 0 Å². The fraction of sp³-hybridized carbons (Fsp3) is 0. The number of hydrogen-bond donors (Lipinski definition) is 2. The van der Waals surface area contributed by atoms with E-state index in [1.807, 2.05) is 0 Å². The van der Waals surface area contributed by atoms with E-state index in [0.717, 1.165) is 18.2 Å². The van der Waals surface area contributed by atoms with E-state index in [4.69, 9.17) is 11.6 Å². The zero-order valence-electron chi connectivity index (χ0n) is 14.1. The molecule has 0 unspecified atom stereocenters. The minimum absolute atomic E-state index is 0.0202. The van der Waals surface area contributed by atoms with E-state index in [1.165, 1.54) is 48.5 Å². The number of para-hydroxylation sites is 1. The first-order valence-electron chi connectivity index (χ1n) is 7.90. The van der Waals surface area contributed by atoms with Crippen molar-refractivity contribution in [3.05, 3.63) is 89.0 Å². The number of amides is 1. The summed E-state index contributed by atoms with van der Waals surface area (Å²) in [6, 6.07) is 14.2. The Bertz CT molecular complexity index is 1150. The van der Waals surface area contributed by atoms with Crippen molar-refractivity contribution in [2.75, 3.05) is 10.0 Å². The molecule has 0 fully saturated rings. The molecule has 1 amide bonds. The summed E-state index contributed by atoms with van der Waals surface area (Å²) in [5, 5.41) is 2.36. The van der Waals surface area contributed by atoms with Gasteiger partial charge in [-0.15, -0.1) is 0 Å². The highest BCUT2D eigenvalue weighted by atomic mass is 35.5. The Morgan fingerprint density at radius 2 is 1.64 bits per heavy atom. The van der Waals surface area contributed by atoms with Crippen LogP contribution in [0.1, 0.15) is 10.4 Å². The predicted molar refractivity (Wildman–Crippen MR) is 103 cm³/mol. The van der Waals surface area contributed by atoms with Crippen LogP contribution in [-0.2, 0) is 10.0 Å². The SMILES string of the molecule is O=C(Nc1ccc(Cl)c(F)c1)c1cccc(S(=O)(=O)Nc2ccccc2F)c1. The highest BCUT2D eigenvalue weighted by Crippen LogP contribution is 2.21. The van der Waals surface area contributed by atoms with Gasteiger partial charge in [-0.2, -0.15) is 0 Å². The Balaban J connectivity index is 1.83.